The van der Waals surface area contributed by atoms with E-state index in [1.807, 2.05) is 44.4 Å². The molecule has 1 unspecified atom stereocenters. The molecule has 0 bridgehead atoms. The van der Waals surface area contributed by atoms with Gasteiger partial charge in [-0.05, 0) is 55.9 Å². The van der Waals surface area contributed by atoms with Gasteiger partial charge in [-0.25, -0.2) is 4.39 Å². The first-order valence-corrected chi connectivity index (χ1v) is 9.32. The first-order valence-electron chi connectivity index (χ1n) is 9.32. The number of rotatable bonds is 7. The Labute approximate surface area is 188 Å². The van der Waals surface area contributed by atoms with Crippen molar-refractivity contribution in [3.63, 3.8) is 0 Å². The van der Waals surface area contributed by atoms with Crippen molar-refractivity contribution in [2.45, 2.75) is 12.5 Å². The molecule has 2 N–H and O–H groups in total. The zero-order valence-corrected chi connectivity index (χ0v) is 19.3. The largest absolute Gasteiger partial charge is 0.454 e. The smallest absolute Gasteiger partial charge is 0.231 e. The van der Waals surface area contributed by atoms with E-state index in [2.05, 4.69) is 20.5 Å². The summed E-state index contributed by atoms with van der Waals surface area (Å²) in [6.45, 7) is 1.68. The Bertz CT molecular complexity index is 815. The highest BCUT2D eigenvalue weighted by Crippen LogP contribution is 2.32. The highest BCUT2D eigenvalue weighted by atomic mass is 127. The van der Waals surface area contributed by atoms with Crippen molar-refractivity contribution in [3.8, 4) is 11.5 Å². The topological polar surface area (TPSA) is 58.1 Å². The van der Waals surface area contributed by atoms with E-state index in [-0.39, 0.29) is 42.6 Å². The van der Waals surface area contributed by atoms with Crippen molar-refractivity contribution >= 4 is 29.9 Å². The minimum atomic E-state index is -0.227. The van der Waals surface area contributed by atoms with Crippen LogP contribution in [0.1, 0.15) is 17.2 Å². The quantitative estimate of drug-likeness (QED) is 0.338. The fraction of sp³-hybridized carbons (Fsp3) is 0.381. The van der Waals surface area contributed by atoms with Gasteiger partial charge in [-0.1, -0.05) is 18.2 Å². The van der Waals surface area contributed by atoms with Crippen molar-refractivity contribution in [1.82, 2.24) is 15.5 Å². The molecule has 1 aliphatic heterocycles. The lowest BCUT2D eigenvalue weighted by Crippen LogP contribution is -2.42. The van der Waals surface area contributed by atoms with E-state index in [4.69, 9.17) is 9.47 Å². The summed E-state index contributed by atoms with van der Waals surface area (Å²) < 4.78 is 24.0. The molecule has 0 fully saturated rings. The van der Waals surface area contributed by atoms with Gasteiger partial charge in [0.2, 0.25) is 6.79 Å². The van der Waals surface area contributed by atoms with Crippen LogP contribution in [0.4, 0.5) is 4.39 Å². The van der Waals surface area contributed by atoms with Crippen LogP contribution in [0.25, 0.3) is 0 Å². The van der Waals surface area contributed by atoms with Crippen LogP contribution in [0.15, 0.2) is 47.5 Å². The Hall–Kier alpha value is -2.07. The van der Waals surface area contributed by atoms with Crippen molar-refractivity contribution < 1.29 is 13.9 Å². The number of aliphatic imine (C=N–C) groups is 1. The molecule has 2 aromatic carbocycles. The third kappa shape index (κ3) is 6.46. The number of nitrogens with zero attached hydrogens (tertiary/aromatic N) is 2. The summed E-state index contributed by atoms with van der Waals surface area (Å²) in [6.07, 6.45) is 0.840. The lowest BCUT2D eigenvalue weighted by atomic mass is 10.1. The summed E-state index contributed by atoms with van der Waals surface area (Å²) in [4.78, 5) is 6.38. The van der Waals surface area contributed by atoms with Gasteiger partial charge in [0.25, 0.3) is 0 Å². The van der Waals surface area contributed by atoms with Crippen LogP contribution in [0, 0.1) is 5.82 Å². The molecule has 8 heteroatoms. The minimum absolute atomic E-state index is 0. The van der Waals surface area contributed by atoms with Gasteiger partial charge < -0.3 is 25.0 Å². The summed E-state index contributed by atoms with van der Waals surface area (Å²) in [7, 11) is 5.76. The van der Waals surface area contributed by atoms with Crippen LogP contribution in [-0.4, -0.2) is 51.9 Å². The first-order chi connectivity index (χ1) is 13.6. The van der Waals surface area contributed by atoms with E-state index in [9.17, 15) is 4.39 Å². The molecule has 0 aliphatic carbocycles. The SMILES string of the molecule is CN=C(NCCc1ccc2c(c1)OCO2)NCC(c1ccc(F)cc1)N(C)C.I. The van der Waals surface area contributed by atoms with E-state index < -0.39 is 0 Å². The van der Waals surface area contributed by atoms with Crippen molar-refractivity contribution in [2.75, 3.05) is 41.0 Å². The molecule has 2 aromatic rings. The van der Waals surface area contributed by atoms with Crippen LogP contribution >= 0.6 is 24.0 Å². The number of guanidine groups is 1. The first kappa shape index (κ1) is 23.2. The number of ether oxygens (including phenoxy) is 2. The Morgan fingerprint density at radius 1 is 1.10 bits per heavy atom. The number of likely N-dealkylation sites (N-methyl/N-ethyl adjacent to an activating group) is 1. The second-order valence-electron chi connectivity index (χ2n) is 6.85. The summed E-state index contributed by atoms with van der Waals surface area (Å²) in [5.74, 6) is 2.10. The van der Waals surface area contributed by atoms with Crippen molar-refractivity contribution in [1.29, 1.82) is 0 Å². The van der Waals surface area contributed by atoms with Crippen LogP contribution in [0.2, 0.25) is 0 Å². The van der Waals surface area contributed by atoms with Crippen molar-refractivity contribution in [3.05, 3.63) is 59.4 Å². The zero-order valence-electron chi connectivity index (χ0n) is 16.9. The molecule has 6 nitrogen and oxygen atoms in total. The molecule has 0 radical (unpaired) electrons. The number of halogens is 2. The molecule has 0 saturated heterocycles. The van der Waals surface area contributed by atoms with Crippen LogP contribution in [0.3, 0.4) is 0 Å². The molecule has 0 amide bonds. The second-order valence-corrected chi connectivity index (χ2v) is 6.85. The second kappa shape index (κ2) is 11.2. The fourth-order valence-corrected chi connectivity index (χ4v) is 3.12. The summed E-state index contributed by atoms with van der Waals surface area (Å²) in [5, 5.41) is 6.68. The summed E-state index contributed by atoms with van der Waals surface area (Å²) >= 11 is 0. The van der Waals surface area contributed by atoms with E-state index in [0.717, 1.165) is 36.0 Å². The number of nitrogens with one attached hydrogen (secondary N) is 2. The van der Waals surface area contributed by atoms with E-state index in [0.29, 0.717) is 6.54 Å². The molecule has 0 saturated carbocycles. The van der Waals surface area contributed by atoms with Gasteiger partial charge in [0, 0.05) is 20.1 Å². The highest BCUT2D eigenvalue weighted by molar-refractivity contribution is 14.0. The lowest BCUT2D eigenvalue weighted by molar-refractivity contribution is 0.174. The van der Waals surface area contributed by atoms with Gasteiger partial charge in [-0.2, -0.15) is 0 Å². The van der Waals surface area contributed by atoms with Gasteiger partial charge in [0.1, 0.15) is 5.82 Å². The van der Waals surface area contributed by atoms with Gasteiger partial charge in [0.15, 0.2) is 17.5 Å². The number of fused-ring (bicyclic) bond motifs is 1. The van der Waals surface area contributed by atoms with Gasteiger partial charge in [0.05, 0.1) is 6.04 Å². The maximum Gasteiger partial charge on any atom is 0.231 e. The minimum Gasteiger partial charge on any atom is -0.454 e. The van der Waals surface area contributed by atoms with Gasteiger partial charge in [-0.3, -0.25) is 4.99 Å². The Kier molecular flexibility index (Phi) is 8.97. The van der Waals surface area contributed by atoms with Crippen molar-refractivity contribution in [2.24, 2.45) is 4.99 Å². The molecular weight excluding hydrogens is 486 g/mol. The van der Waals surface area contributed by atoms with Crippen LogP contribution in [0.5, 0.6) is 11.5 Å². The third-order valence-electron chi connectivity index (χ3n) is 4.71. The third-order valence-corrected chi connectivity index (χ3v) is 4.71. The predicted octanol–water partition coefficient (Wildman–Crippen LogP) is 3.18. The Morgan fingerprint density at radius 3 is 2.52 bits per heavy atom. The normalized spacial score (nSPS) is 13.8. The highest BCUT2D eigenvalue weighted by Gasteiger charge is 2.15. The lowest BCUT2D eigenvalue weighted by Gasteiger charge is -2.26. The molecule has 29 heavy (non-hydrogen) atoms. The maximum atomic E-state index is 13.2. The monoisotopic (exact) mass is 514 g/mol. The van der Waals surface area contributed by atoms with Crippen LogP contribution in [-0.2, 0) is 6.42 Å². The zero-order chi connectivity index (χ0) is 19.9. The molecule has 3 rings (SSSR count). The Balaban J connectivity index is 0.00000300. The Morgan fingerprint density at radius 2 is 1.83 bits per heavy atom. The number of hydrogen-bond acceptors (Lipinski definition) is 4. The summed E-state index contributed by atoms with van der Waals surface area (Å²) in [5.41, 5.74) is 2.22. The predicted molar refractivity (Wildman–Crippen MR) is 124 cm³/mol. The van der Waals surface area contributed by atoms with E-state index in [1.165, 1.54) is 17.7 Å². The molecule has 1 heterocycles. The van der Waals surface area contributed by atoms with E-state index in [1.54, 1.807) is 7.05 Å². The van der Waals surface area contributed by atoms with Crippen LogP contribution < -0.4 is 20.1 Å². The molecule has 1 aliphatic rings. The molecule has 0 spiro atoms. The van der Waals surface area contributed by atoms with E-state index >= 15 is 0 Å². The molecule has 1 atom stereocenters. The number of hydrogen-bond donors (Lipinski definition) is 2. The molecule has 0 aromatic heterocycles. The fourth-order valence-electron chi connectivity index (χ4n) is 3.12. The summed E-state index contributed by atoms with van der Waals surface area (Å²) in [6, 6.07) is 12.7. The standard InChI is InChI=1S/C21H27FN4O2.HI/c1-23-21(24-11-10-15-4-9-19-20(12-15)28-14-27-19)25-13-18(26(2)3)16-5-7-17(22)8-6-16;/h4-9,12,18H,10-11,13-14H2,1-3H3,(H2,23,24,25);1H. The van der Waals surface area contributed by atoms with Gasteiger partial charge in [-0.15, -0.1) is 24.0 Å². The molecular formula is C21H28FIN4O2. The molecule has 158 valence electrons. The maximum absolute atomic E-state index is 13.2. The average Bonchev–Trinajstić information content (AvgIpc) is 3.15. The van der Waals surface area contributed by atoms with Gasteiger partial charge >= 0.3 is 0 Å². The number of benzene rings is 2. The average molecular weight is 514 g/mol.